The molecule has 4 atom stereocenters. The van der Waals surface area contributed by atoms with Crippen LogP contribution in [0, 0.1) is 5.92 Å². The van der Waals surface area contributed by atoms with E-state index in [-0.39, 0.29) is 18.8 Å². The van der Waals surface area contributed by atoms with Crippen molar-refractivity contribution in [2.75, 3.05) is 18.6 Å². The Bertz CT molecular complexity index is 806. The topological polar surface area (TPSA) is 205 Å². The number of hydrogen-bond acceptors (Lipinski definition) is 8. The quantitative estimate of drug-likeness (QED) is 0.132. The molecule has 13 heteroatoms. The van der Waals surface area contributed by atoms with Crippen molar-refractivity contribution in [2.24, 2.45) is 17.4 Å². The van der Waals surface area contributed by atoms with Crippen LogP contribution in [-0.4, -0.2) is 81.5 Å². The number of nitrogens with two attached hydrogens (primary N) is 2. The lowest BCUT2D eigenvalue weighted by molar-refractivity contribution is -0.142. The minimum absolute atomic E-state index is 0.0570. The Kier molecular flexibility index (Phi) is 14.0. The van der Waals surface area contributed by atoms with Crippen LogP contribution in [0.4, 0.5) is 0 Å². The van der Waals surface area contributed by atoms with E-state index in [9.17, 15) is 24.3 Å². The van der Waals surface area contributed by atoms with E-state index in [1.165, 1.54) is 24.3 Å². The van der Waals surface area contributed by atoms with Crippen molar-refractivity contribution < 1.29 is 24.3 Å². The molecule has 0 saturated heterocycles. The van der Waals surface area contributed by atoms with Crippen LogP contribution in [0.25, 0.3) is 0 Å². The first kappa shape index (κ1) is 30.4. The van der Waals surface area contributed by atoms with E-state index in [0.29, 0.717) is 37.3 Å². The van der Waals surface area contributed by atoms with Crippen molar-refractivity contribution >= 4 is 35.5 Å². The summed E-state index contributed by atoms with van der Waals surface area (Å²) in [4.78, 5) is 57.1. The van der Waals surface area contributed by atoms with Gasteiger partial charge in [-0.05, 0) is 50.2 Å². The Morgan fingerprint density at radius 3 is 2.20 bits per heavy atom. The van der Waals surface area contributed by atoms with E-state index >= 15 is 0 Å². The summed E-state index contributed by atoms with van der Waals surface area (Å²) in [5.41, 5.74) is 12.1. The molecule has 1 rings (SSSR count). The zero-order valence-electron chi connectivity index (χ0n) is 20.6. The zero-order valence-corrected chi connectivity index (χ0v) is 21.4. The van der Waals surface area contributed by atoms with E-state index in [4.69, 9.17) is 11.5 Å². The Morgan fingerprint density at radius 1 is 1.03 bits per heavy atom. The summed E-state index contributed by atoms with van der Waals surface area (Å²) in [7, 11) is 0. The number of carbonyl (C=O) groups excluding carboxylic acids is 3. The molecule has 0 aliphatic heterocycles. The van der Waals surface area contributed by atoms with Gasteiger partial charge in [-0.1, -0.05) is 13.8 Å². The fourth-order valence-electron chi connectivity index (χ4n) is 3.20. The molecule has 1 heterocycles. The molecule has 0 aliphatic carbocycles. The maximum atomic E-state index is 13.2. The molecule has 4 unspecified atom stereocenters. The van der Waals surface area contributed by atoms with E-state index < -0.39 is 47.9 Å². The first-order valence-electron chi connectivity index (χ1n) is 11.7. The number of H-pyrrole nitrogens is 1. The van der Waals surface area contributed by atoms with E-state index in [0.717, 1.165) is 0 Å². The summed E-state index contributed by atoms with van der Waals surface area (Å²) in [6.07, 6.45) is 6.63. The number of amides is 3. The van der Waals surface area contributed by atoms with Crippen LogP contribution in [0.5, 0.6) is 0 Å². The smallest absolute Gasteiger partial charge is 0.326 e. The van der Waals surface area contributed by atoms with Crippen molar-refractivity contribution in [1.82, 2.24) is 25.9 Å². The van der Waals surface area contributed by atoms with Gasteiger partial charge in [0.2, 0.25) is 17.7 Å². The predicted octanol–water partition coefficient (Wildman–Crippen LogP) is -0.643. The summed E-state index contributed by atoms with van der Waals surface area (Å²) < 4.78 is 0. The van der Waals surface area contributed by atoms with Gasteiger partial charge in [0.1, 0.15) is 18.1 Å². The third-order valence-electron chi connectivity index (χ3n) is 5.44. The molecule has 0 fully saturated rings. The SMILES string of the molecule is CSCCC(NC(=O)C(Cc1cnc[nH]1)NC(=O)C(CCCCN)NC(=O)C(N)C(C)C)C(=O)O. The maximum Gasteiger partial charge on any atom is 0.326 e. The number of thioether (sulfide) groups is 1. The van der Waals surface area contributed by atoms with E-state index in [2.05, 4.69) is 25.9 Å². The molecule has 0 bridgehead atoms. The van der Waals surface area contributed by atoms with Crippen molar-refractivity contribution in [3.63, 3.8) is 0 Å². The number of rotatable bonds is 17. The highest BCUT2D eigenvalue weighted by molar-refractivity contribution is 7.98. The lowest BCUT2D eigenvalue weighted by Gasteiger charge is -2.25. The van der Waals surface area contributed by atoms with E-state index in [1.54, 1.807) is 13.8 Å². The number of hydrogen-bond donors (Lipinski definition) is 7. The molecule has 1 aromatic rings. The summed E-state index contributed by atoms with van der Waals surface area (Å²) in [5.74, 6) is -2.43. The monoisotopic (exact) mass is 513 g/mol. The van der Waals surface area contributed by atoms with Gasteiger partial charge in [-0.15, -0.1) is 0 Å². The highest BCUT2D eigenvalue weighted by Gasteiger charge is 2.31. The number of unbranched alkanes of at least 4 members (excludes halogenated alkanes) is 1. The van der Waals surface area contributed by atoms with Gasteiger partial charge < -0.3 is 37.5 Å². The van der Waals surface area contributed by atoms with Crippen LogP contribution >= 0.6 is 11.8 Å². The second kappa shape index (κ2) is 16.1. The summed E-state index contributed by atoms with van der Waals surface area (Å²) in [6.45, 7) is 4.04. The number of aromatic amines is 1. The standard InChI is InChI=1S/C22H39N7O5S/c1-13(2)18(24)21(32)27-15(6-4-5-8-23)19(30)29-17(10-14-11-25-12-26-14)20(31)28-16(22(33)34)7-9-35-3/h11-13,15-18H,4-10,23-24H2,1-3H3,(H,25,26)(H,27,32)(H,28,31)(H,29,30)(H,33,34). The normalized spacial score (nSPS) is 14.6. The van der Waals surface area contributed by atoms with Gasteiger partial charge in [0.05, 0.1) is 12.4 Å². The van der Waals surface area contributed by atoms with Crippen LogP contribution in [0.3, 0.4) is 0 Å². The van der Waals surface area contributed by atoms with Gasteiger partial charge in [-0.2, -0.15) is 11.8 Å². The molecule has 198 valence electrons. The molecular weight excluding hydrogens is 474 g/mol. The number of aliphatic carboxylic acids is 1. The van der Waals surface area contributed by atoms with Gasteiger partial charge in [0.25, 0.3) is 0 Å². The number of carboxylic acids is 1. The molecule has 9 N–H and O–H groups in total. The van der Waals surface area contributed by atoms with Crippen molar-refractivity contribution in [3.8, 4) is 0 Å². The average molecular weight is 514 g/mol. The van der Waals surface area contributed by atoms with Crippen molar-refractivity contribution in [2.45, 2.75) is 70.1 Å². The molecule has 12 nitrogen and oxygen atoms in total. The van der Waals surface area contributed by atoms with Crippen molar-refractivity contribution in [1.29, 1.82) is 0 Å². The zero-order chi connectivity index (χ0) is 26.4. The molecular formula is C22H39N7O5S. The van der Waals surface area contributed by atoms with Crippen LogP contribution in [0.15, 0.2) is 12.5 Å². The number of nitrogens with zero attached hydrogens (tertiary/aromatic N) is 1. The highest BCUT2D eigenvalue weighted by Crippen LogP contribution is 2.07. The summed E-state index contributed by atoms with van der Waals surface area (Å²) in [5, 5.41) is 17.3. The predicted molar refractivity (Wildman–Crippen MR) is 134 cm³/mol. The van der Waals surface area contributed by atoms with E-state index in [1.807, 2.05) is 6.26 Å². The Balaban J connectivity index is 3.04. The largest absolute Gasteiger partial charge is 0.480 e. The fraction of sp³-hybridized carbons (Fsp3) is 0.682. The first-order chi connectivity index (χ1) is 16.6. The second-order valence-electron chi connectivity index (χ2n) is 8.64. The first-order valence-corrected chi connectivity index (χ1v) is 13.1. The lowest BCUT2D eigenvalue weighted by Crippen LogP contribution is -2.58. The molecule has 3 amide bonds. The average Bonchev–Trinajstić information content (AvgIpc) is 3.32. The Morgan fingerprint density at radius 2 is 1.66 bits per heavy atom. The van der Waals surface area contributed by atoms with Gasteiger partial charge in [0.15, 0.2) is 0 Å². The van der Waals surface area contributed by atoms with Gasteiger partial charge >= 0.3 is 5.97 Å². The minimum Gasteiger partial charge on any atom is -0.480 e. The number of carbonyl (C=O) groups is 4. The number of carboxylic acid groups (broad SMARTS) is 1. The van der Waals surface area contributed by atoms with Crippen LogP contribution in [0.2, 0.25) is 0 Å². The summed E-state index contributed by atoms with van der Waals surface area (Å²) in [6, 6.07) is -3.91. The molecule has 0 spiro atoms. The fourth-order valence-corrected chi connectivity index (χ4v) is 3.67. The molecule has 0 saturated carbocycles. The van der Waals surface area contributed by atoms with Crippen LogP contribution in [0.1, 0.15) is 45.2 Å². The molecule has 1 aromatic heterocycles. The molecule has 0 radical (unpaired) electrons. The van der Waals surface area contributed by atoms with Gasteiger partial charge in [-0.3, -0.25) is 14.4 Å². The molecule has 0 aliphatic rings. The minimum atomic E-state index is -1.16. The molecule has 35 heavy (non-hydrogen) atoms. The summed E-state index contributed by atoms with van der Waals surface area (Å²) >= 11 is 1.46. The second-order valence-corrected chi connectivity index (χ2v) is 9.62. The number of aromatic nitrogens is 2. The van der Waals surface area contributed by atoms with Gasteiger partial charge in [0, 0.05) is 18.3 Å². The highest BCUT2D eigenvalue weighted by atomic mass is 32.2. The van der Waals surface area contributed by atoms with Crippen LogP contribution in [-0.2, 0) is 25.6 Å². The van der Waals surface area contributed by atoms with Gasteiger partial charge in [-0.25, -0.2) is 9.78 Å². The Hall–Kier alpha value is -2.64. The van der Waals surface area contributed by atoms with Crippen LogP contribution < -0.4 is 27.4 Å². The molecule has 0 aromatic carbocycles. The third kappa shape index (κ3) is 11.1. The third-order valence-corrected chi connectivity index (χ3v) is 6.08. The van der Waals surface area contributed by atoms with Crippen molar-refractivity contribution in [3.05, 3.63) is 18.2 Å². The lowest BCUT2D eigenvalue weighted by atomic mass is 10.0. The maximum absolute atomic E-state index is 13.2. The number of nitrogens with one attached hydrogen (secondary N) is 4. The Labute approximate surface area is 210 Å². The number of imidazole rings is 1.